The zero-order chi connectivity index (χ0) is 28.3. The molecule has 12 nitrogen and oxygen atoms in total. The number of hydrogen-bond acceptors (Lipinski definition) is 9. The number of halogens is 3. The Bertz CT molecular complexity index is 1180. The molecule has 0 saturated carbocycles. The summed E-state index contributed by atoms with van der Waals surface area (Å²) < 4.78 is 37.1. The molecule has 0 bridgehead atoms. The molecular weight excluding hydrogens is 525 g/mol. The van der Waals surface area contributed by atoms with Crippen molar-refractivity contribution >= 4 is 17.8 Å². The number of hydrogen-bond donors (Lipinski definition) is 3. The van der Waals surface area contributed by atoms with Crippen molar-refractivity contribution in [3.05, 3.63) is 29.9 Å². The first kappa shape index (κ1) is 28.4. The summed E-state index contributed by atoms with van der Waals surface area (Å²) in [6.07, 6.45) is -0.287. The van der Waals surface area contributed by atoms with E-state index in [0.29, 0.717) is 60.6 Å². The number of alkyl halides is 3. The number of likely N-dealkylation sites (tertiary alicyclic amines) is 2. The molecule has 5 rings (SSSR count). The number of aryl methyl sites for hydroxylation is 1. The summed E-state index contributed by atoms with van der Waals surface area (Å²) in [5.41, 5.74) is 1.47. The number of aliphatic hydroxyl groups is 1. The highest BCUT2D eigenvalue weighted by Crippen LogP contribution is 2.34. The van der Waals surface area contributed by atoms with Crippen LogP contribution in [0.3, 0.4) is 0 Å². The lowest BCUT2D eigenvalue weighted by Crippen LogP contribution is -2.43. The monoisotopic (exact) mass is 554 g/mol. The van der Waals surface area contributed by atoms with Gasteiger partial charge in [0.15, 0.2) is 0 Å². The molecule has 3 fully saturated rings. The van der Waals surface area contributed by atoms with Gasteiger partial charge < -0.3 is 29.9 Å². The molecule has 3 aliphatic heterocycles. The van der Waals surface area contributed by atoms with Crippen LogP contribution in [-0.2, 0) is 9.59 Å². The van der Waals surface area contributed by atoms with Crippen LogP contribution in [0, 0.1) is 18.8 Å². The molecule has 0 radical (unpaired) electrons. The van der Waals surface area contributed by atoms with E-state index in [4.69, 9.17) is 14.4 Å². The first-order chi connectivity index (χ1) is 18.5. The van der Waals surface area contributed by atoms with Gasteiger partial charge in [0.25, 0.3) is 5.91 Å². The second kappa shape index (κ2) is 11.7. The molecule has 5 heterocycles. The van der Waals surface area contributed by atoms with E-state index in [1.807, 2.05) is 9.80 Å². The van der Waals surface area contributed by atoms with Gasteiger partial charge in [-0.2, -0.15) is 13.2 Å². The Morgan fingerprint density at radius 2 is 1.77 bits per heavy atom. The molecule has 2 aromatic rings. The molecule has 0 aliphatic carbocycles. The molecule has 0 spiro atoms. The zero-order valence-corrected chi connectivity index (χ0v) is 21.1. The van der Waals surface area contributed by atoms with Gasteiger partial charge in [-0.25, -0.2) is 14.8 Å². The first-order valence-electron chi connectivity index (χ1n) is 12.5. The fourth-order valence-electron chi connectivity index (χ4n) is 5.24. The minimum absolute atomic E-state index is 0.0885. The Kier molecular flexibility index (Phi) is 8.49. The third-order valence-corrected chi connectivity index (χ3v) is 7.26. The van der Waals surface area contributed by atoms with Crippen LogP contribution in [0.25, 0.3) is 11.4 Å². The lowest BCUT2D eigenvalue weighted by molar-refractivity contribution is -0.192. The number of carboxylic acid groups (broad SMARTS) is 1. The van der Waals surface area contributed by atoms with Crippen molar-refractivity contribution < 1.29 is 42.3 Å². The van der Waals surface area contributed by atoms with Crippen LogP contribution in [0.2, 0.25) is 0 Å². The smallest absolute Gasteiger partial charge is 0.475 e. The number of nitrogens with zero attached hydrogens (tertiary/aromatic N) is 5. The van der Waals surface area contributed by atoms with Crippen molar-refractivity contribution in [2.75, 3.05) is 32.7 Å². The summed E-state index contributed by atoms with van der Waals surface area (Å²) in [5.74, 6) is -1.50. The summed E-state index contributed by atoms with van der Waals surface area (Å²) in [6, 6.07) is 1.44. The second-order valence-corrected chi connectivity index (χ2v) is 9.84. The molecule has 39 heavy (non-hydrogen) atoms. The minimum Gasteiger partial charge on any atom is -0.475 e. The summed E-state index contributed by atoms with van der Waals surface area (Å²) in [7, 11) is 0. The van der Waals surface area contributed by atoms with Crippen molar-refractivity contribution in [1.29, 1.82) is 0 Å². The van der Waals surface area contributed by atoms with Crippen molar-refractivity contribution in [1.82, 2.24) is 30.2 Å². The highest BCUT2D eigenvalue weighted by molar-refractivity contribution is 6.00. The average molecular weight is 555 g/mol. The van der Waals surface area contributed by atoms with Gasteiger partial charge >= 0.3 is 12.1 Å². The lowest BCUT2D eigenvalue weighted by atomic mass is 9.92. The fourth-order valence-corrected chi connectivity index (χ4v) is 5.24. The van der Waals surface area contributed by atoms with Crippen LogP contribution < -0.4 is 5.32 Å². The molecular formula is C24H29F3N6O6. The van der Waals surface area contributed by atoms with Crippen LogP contribution in [0.1, 0.15) is 35.4 Å². The van der Waals surface area contributed by atoms with Gasteiger partial charge in [-0.1, -0.05) is 5.16 Å². The number of nitrogens with one attached hydrogen (secondary N) is 1. The predicted molar refractivity (Wildman–Crippen MR) is 127 cm³/mol. The molecule has 212 valence electrons. The summed E-state index contributed by atoms with van der Waals surface area (Å²) in [4.78, 5) is 47.1. The summed E-state index contributed by atoms with van der Waals surface area (Å²) >= 11 is 0. The molecule has 0 aromatic carbocycles. The molecule has 15 heteroatoms. The Morgan fingerprint density at radius 1 is 1.13 bits per heavy atom. The summed E-state index contributed by atoms with van der Waals surface area (Å²) in [6.45, 7) is 4.94. The maximum Gasteiger partial charge on any atom is 0.490 e. The van der Waals surface area contributed by atoms with Gasteiger partial charge in [-0.15, -0.1) is 0 Å². The molecule has 2 amide bonds. The van der Waals surface area contributed by atoms with Gasteiger partial charge in [0, 0.05) is 38.9 Å². The quantitative estimate of drug-likeness (QED) is 0.501. The number of amides is 2. The number of aromatic nitrogens is 3. The molecule has 4 atom stereocenters. The fraction of sp³-hybridized carbons (Fsp3) is 0.583. The van der Waals surface area contributed by atoms with E-state index in [1.54, 1.807) is 19.2 Å². The number of β-amino-alcohol motifs (C(OH)–C–C–N with tert-alkyl or cyclic N) is 1. The topological polar surface area (TPSA) is 162 Å². The standard InChI is InChI=1S/C22H28N6O4.C2HF3O2/c1-13-19(20(26-32-13)17-2-5-23-12-25-17)22(31)27-6-3-14-10-28(11-15(14)4-7-27)21(30)18-8-16(29)9-24-18;3-2(4,5)1(6)7/h2,5,12,14-16,18,24,29H,3-4,6-11H2,1H3;(H,6,7)/t14-,15+,16-,18+;/m0./s1. The normalized spacial score (nSPS) is 24.9. The zero-order valence-electron chi connectivity index (χ0n) is 21.1. The average Bonchev–Trinajstić information content (AvgIpc) is 3.59. The number of aliphatic carboxylic acids is 1. The van der Waals surface area contributed by atoms with Gasteiger partial charge in [0.05, 0.1) is 17.8 Å². The number of carbonyl (C=O) groups excluding carboxylic acids is 2. The molecule has 0 unspecified atom stereocenters. The van der Waals surface area contributed by atoms with Crippen LogP contribution in [0.4, 0.5) is 13.2 Å². The Balaban J connectivity index is 0.000000448. The molecule has 3 aliphatic rings. The number of aliphatic hydroxyl groups excluding tert-OH is 1. The van der Waals surface area contributed by atoms with E-state index in [-0.39, 0.29) is 17.9 Å². The number of carboxylic acids is 1. The predicted octanol–water partition coefficient (Wildman–Crippen LogP) is 1.11. The molecule has 3 saturated heterocycles. The van der Waals surface area contributed by atoms with E-state index < -0.39 is 18.2 Å². The van der Waals surface area contributed by atoms with Crippen molar-refractivity contribution in [3.8, 4) is 11.4 Å². The highest BCUT2D eigenvalue weighted by Gasteiger charge is 2.41. The van der Waals surface area contributed by atoms with E-state index in [2.05, 4.69) is 20.4 Å². The van der Waals surface area contributed by atoms with E-state index in [1.165, 1.54) is 6.33 Å². The van der Waals surface area contributed by atoms with Gasteiger partial charge in [-0.3, -0.25) is 9.59 Å². The molecule has 3 N–H and O–H groups in total. The van der Waals surface area contributed by atoms with Crippen molar-refractivity contribution in [3.63, 3.8) is 0 Å². The van der Waals surface area contributed by atoms with Gasteiger partial charge in [-0.05, 0) is 44.1 Å². The lowest BCUT2D eigenvalue weighted by Gasteiger charge is -2.23. The Labute approximate surface area is 221 Å². The van der Waals surface area contributed by atoms with E-state index in [0.717, 1.165) is 25.9 Å². The Hall–Kier alpha value is -3.59. The number of rotatable bonds is 3. The first-order valence-corrected chi connectivity index (χ1v) is 12.5. The maximum absolute atomic E-state index is 13.4. The van der Waals surface area contributed by atoms with Crippen LogP contribution in [0.5, 0.6) is 0 Å². The number of carbonyl (C=O) groups is 3. The third-order valence-electron chi connectivity index (χ3n) is 7.26. The van der Waals surface area contributed by atoms with Gasteiger partial charge in [0.1, 0.15) is 23.3 Å². The van der Waals surface area contributed by atoms with E-state index >= 15 is 0 Å². The van der Waals surface area contributed by atoms with Crippen LogP contribution in [-0.4, -0.2) is 104 Å². The van der Waals surface area contributed by atoms with E-state index in [9.17, 15) is 27.9 Å². The highest BCUT2D eigenvalue weighted by atomic mass is 19.4. The molecule has 2 aromatic heterocycles. The third kappa shape index (κ3) is 6.53. The maximum atomic E-state index is 13.4. The Morgan fingerprint density at radius 3 is 2.28 bits per heavy atom. The van der Waals surface area contributed by atoms with Gasteiger partial charge in [0.2, 0.25) is 5.91 Å². The van der Waals surface area contributed by atoms with Crippen LogP contribution in [0.15, 0.2) is 23.1 Å². The second-order valence-electron chi connectivity index (χ2n) is 9.84. The van der Waals surface area contributed by atoms with Crippen LogP contribution >= 0.6 is 0 Å². The minimum atomic E-state index is -5.08. The summed E-state index contributed by atoms with van der Waals surface area (Å²) in [5, 5.41) is 24.0. The SMILES string of the molecule is Cc1onc(-c2ccncn2)c1C(=O)N1CC[C@@H]2CN(C(=O)[C@H]3C[C@H](O)CN3)C[C@@H]2CC1.O=C(O)C(F)(F)F. The van der Waals surface area contributed by atoms with Crippen molar-refractivity contribution in [2.45, 2.75) is 44.5 Å². The number of fused-ring (bicyclic) bond motifs is 1. The largest absolute Gasteiger partial charge is 0.490 e. The van der Waals surface area contributed by atoms with Crippen molar-refractivity contribution in [2.24, 2.45) is 11.8 Å².